The summed E-state index contributed by atoms with van der Waals surface area (Å²) in [5, 5.41) is 9.06. The topological polar surface area (TPSA) is 115 Å². The van der Waals surface area contributed by atoms with Crippen LogP contribution in [0.4, 0.5) is 11.5 Å². The number of hydrogen-bond donors (Lipinski definition) is 1. The van der Waals surface area contributed by atoms with E-state index in [0.29, 0.717) is 24.4 Å². The van der Waals surface area contributed by atoms with Gasteiger partial charge in [0.25, 0.3) is 5.91 Å². The molecule has 5 rings (SSSR count). The highest BCUT2D eigenvalue weighted by Gasteiger charge is 2.43. The first-order valence-electron chi connectivity index (χ1n) is 12.5. The minimum atomic E-state index is -0.924. The largest absolute Gasteiger partial charge is 0.382 e. The molecule has 0 bridgehead atoms. The number of amides is 2. The van der Waals surface area contributed by atoms with Crippen molar-refractivity contribution in [2.24, 2.45) is 0 Å². The van der Waals surface area contributed by atoms with Crippen molar-refractivity contribution in [1.82, 2.24) is 29.3 Å². The van der Waals surface area contributed by atoms with Crippen LogP contribution < -0.4 is 10.6 Å². The van der Waals surface area contributed by atoms with Crippen molar-refractivity contribution in [2.75, 3.05) is 23.7 Å². The quantitative estimate of drug-likeness (QED) is 0.446. The van der Waals surface area contributed by atoms with Gasteiger partial charge >= 0.3 is 0 Å². The number of fused-ring (bicyclic) bond motifs is 1. The normalized spacial score (nSPS) is 16.4. The molecular formula is C27H32N8O2. The first kappa shape index (κ1) is 24.5. The third kappa shape index (κ3) is 4.02. The van der Waals surface area contributed by atoms with Crippen LogP contribution in [-0.4, -0.2) is 59.7 Å². The zero-order chi connectivity index (χ0) is 26.5. The smallest absolute Gasteiger partial charge is 0.252 e. The fourth-order valence-electron chi connectivity index (χ4n) is 5.06. The van der Waals surface area contributed by atoms with Crippen LogP contribution in [0, 0.1) is 0 Å². The fourth-order valence-corrected chi connectivity index (χ4v) is 5.06. The van der Waals surface area contributed by atoms with Gasteiger partial charge in [0.05, 0.1) is 11.9 Å². The van der Waals surface area contributed by atoms with Gasteiger partial charge in [-0.2, -0.15) is 10.2 Å². The summed E-state index contributed by atoms with van der Waals surface area (Å²) < 4.78 is 3.74. The Morgan fingerprint density at radius 3 is 2.68 bits per heavy atom. The van der Waals surface area contributed by atoms with E-state index in [9.17, 15) is 9.59 Å². The lowest BCUT2D eigenvalue weighted by Crippen LogP contribution is -2.64. The monoisotopic (exact) mass is 500 g/mol. The van der Waals surface area contributed by atoms with Gasteiger partial charge in [-0.25, -0.2) is 9.50 Å². The van der Waals surface area contributed by atoms with Crippen molar-refractivity contribution >= 4 is 28.8 Å². The van der Waals surface area contributed by atoms with Gasteiger partial charge in [-0.05, 0) is 45.4 Å². The van der Waals surface area contributed by atoms with Crippen LogP contribution in [0.15, 0.2) is 49.1 Å². The van der Waals surface area contributed by atoms with Crippen LogP contribution in [0.2, 0.25) is 0 Å². The van der Waals surface area contributed by atoms with Gasteiger partial charge in [0.1, 0.15) is 17.4 Å². The average molecular weight is 501 g/mol. The molecule has 192 valence electrons. The zero-order valence-corrected chi connectivity index (χ0v) is 21.8. The van der Waals surface area contributed by atoms with E-state index in [2.05, 4.69) is 29.0 Å². The number of anilines is 2. The molecule has 1 aliphatic heterocycles. The summed E-state index contributed by atoms with van der Waals surface area (Å²) >= 11 is 0. The molecule has 1 unspecified atom stereocenters. The number of rotatable bonds is 5. The Hall–Kier alpha value is -4.21. The molecule has 10 heteroatoms. The first-order chi connectivity index (χ1) is 17.6. The summed E-state index contributed by atoms with van der Waals surface area (Å²) in [5.74, 6) is 0.157. The number of carbonyl (C=O) groups is 2. The SMILES string of the molecule is CCC(C)n1cc(-c2cc(-c3cccc(N4CCN(C(C)=O)C(C)(C)C4=O)c3)n3ncnc(N)c23)cn1. The van der Waals surface area contributed by atoms with E-state index in [1.807, 2.05) is 47.4 Å². The maximum Gasteiger partial charge on any atom is 0.252 e. The highest BCUT2D eigenvalue weighted by molar-refractivity contribution is 6.03. The molecule has 10 nitrogen and oxygen atoms in total. The van der Waals surface area contributed by atoms with Crippen molar-refractivity contribution < 1.29 is 9.59 Å². The molecule has 0 aliphatic carbocycles. The van der Waals surface area contributed by atoms with E-state index >= 15 is 0 Å². The van der Waals surface area contributed by atoms with Gasteiger partial charge in [-0.1, -0.05) is 19.1 Å². The molecule has 1 aliphatic rings. The molecule has 4 heterocycles. The second kappa shape index (κ2) is 9.02. The van der Waals surface area contributed by atoms with E-state index in [1.165, 1.54) is 13.3 Å². The number of carbonyl (C=O) groups excluding carboxylic acids is 2. The standard InChI is InChI=1S/C27H32N8O2/c1-6-17(2)34-15-20(14-30-34)22-13-23(35-24(22)25(28)29-16-31-35)19-8-7-9-21(12-19)32-10-11-33(18(3)36)27(4,5)26(32)37/h7-9,12-17H,6,10-11H2,1-5H3,(H2,28,29,31). The number of hydrogen-bond acceptors (Lipinski definition) is 6. The maximum absolute atomic E-state index is 13.4. The van der Waals surface area contributed by atoms with E-state index in [0.717, 1.165) is 34.5 Å². The third-order valence-corrected chi connectivity index (χ3v) is 7.36. The molecule has 1 saturated heterocycles. The minimum Gasteiger partial charge on any atom is -0.382 e. The third-order valence-electron chi connectivity index (χ3n) is 7.36. The molecule has 0 saturated carbocycles. The van der Waals surface area contributed by atoms with Gasteiger partial charge in [-0.3, -0.25) is 14.3 Å². The number of aromatic nitrogens is 5. The maximum atomic E-state index is 13.4. The van der Waals surface area contributed by atoms with Gasteiger partial charge in [-0.15, -0.1) is 0 Å². The number of piperazine rings is 1. The Morgan fingerprint density at radius 2 is 1.95 bits per heavy atom. The van der Waals surface area contributed by atoms with Crippen molar-refractivity contribution in [3.05, 3.63) is 49.1 Å². The van der Waals surface area contributed by atoms with Crippen molar-refractivity contribution in [3.63, 3.8) is 0 Å². The second-order valence-corrected chi connectivity index (χ2v) is 10.1. The second-order valence-electron chi connectivity index (χ2n) is 10.1. The van der Waals surface area contributed by atoms with E-state index < -0.39 is 5.54 Å². The van der Waals surface area contributed by atoms with E-state index in [-0.39, 0.29) is 17.9 Å². The zero-order valence-electron chi connectivity index (χ0n) is 21.8. The molecule has 37 heavy (non-hydrogen) atoms. The van der Waals surface area contributed by atoms with Crippen molar-refractivity contribution in [2.45, 2.75) is 52.6 Å². The van der Waals surface area contributed by atoms with Gasteiger partial charge in [0.15, 0.2) is 5.82 Å². The highest BCUT2D eigenvalue weighted by Crippen LogP contribution is 2.36. The van der Waals surface area contributed by atoms with E-state index in [4.69, 9.17) is 5.73 Å². The molecule has 0 radical (unpaired) electrons. The Bertz CT molecular complexity index is 1500. The van der Waals surface area contributed by atoms with Crippen LogP contribution in [0.1, 0.15) is 47.1 Å². The van der Waals surface area contributed by atoms with Gasteiger partial charge in [0.2, 0.25) is 5.91 Å². The lowest BCUT2D eigenvalue weighted by atomic mass is 9.96. The molecule has 1 aromatic carbocycles. The van der Waals surface area contributed by atoms with Crippen LogP contribution in [-0.2, 0) is 9.59 Å². The highest BCUT2D eigenvalue weighted by atomic mass is 16.2. The Balaban J connectivity index is 1.58. The summed E-state index contributed by atoms with van der Waals surface area (Å²) in [7, 11) is 0. The molecule has 1 fully saturated rings. The van der Waals surface area contributed by atoms with E-state index in [1.54, 1.807) is 28.2 Å². The molecule has 2 N–H and O–H groups in total. The predicted molar refractivity (Wildman–Crippen MR) is 143 cm³/mol. The van der Waals surface area contributed by atoms with Crippen molar-refractivity contribution in [3.8, 4) is 22.4 Å². The summed E-state index contributed by atoms with van der Waals surface area (Å²) in [5.41, 5.74) is 10.4. The van der Waals surface area contributed by atoms with Crippen molar-refractivity contribution in [1.29, 1.82) is 0 Å². The minimum absolute atomic E-state index is 0.104. The summed E-state index contributed by atoms with van der Waals surface area (Å²) in [6.07, 6.45) is 6.26. The lowest BCUT2D eigenvalue weighted by Gasteiger charge is -2.45. The van der Waals surface area contributed by atoms with Crippen LogP contribution >= 0.6 is 0 Å². The van der Waals surface area contributed by atoms with Crippen LogP contribution in [0.3, 0.4) is 0 Å². The van der Waals surface area contributed by atoms with Gasteiger partial charge < -0.3 is 15.5 Å². The summed E-state index contributed by atoms with van der Waals surface area (Å²) in [4.78, 5) is 33.1. The average Bonchev–Trinajstić information content (AvgIpc) is 3.51. The number of nitrogen functional groups attached to an aromatic ring is 1. The first-order valence-corrected chi connectivity index (χ1v) is 12.5. The molecular weight excluding hydrogens is 468 g/mol. The Morgan fingerprint density at radius 1 is 1.16 bits per heavy atom. The van der Waals surface area contributed by atoms with Crippen LogP contribution in [0.5, 0.6) is 0 Å². The molecule has 1 atom stereocenters. The number of benzene rings is 1. The van der Waals surface area contributed by atoms with Gasteiger partial charge in [0, 0.05) is 54.6 Å². The molecule has 3 aromatic heterocycles. The molecule has 4 aromatic rings. The summed E-state index contributed by atoms with van der Waals surface area (Å²) in [6.45, 7) is 10.2. The summed E-state index contributed by atoms with van der Waals surface area (Å²) in [6, 6.07) is 10.1. The number of nitrogens with two attached hydrogens (primary N) is 1. The Labute approximate surface area is 215 Å². The molecule has 0 spiro atoms. The Kier molecular flexibility index (Phi) is 5.97. The predicted octanol–water partition coefficient (Wildman–Crippen LogP) is 3.79. The number of nitrogens with zero attached hydrogens (tertiary/aromatic N) is 7. The lowest BCUT2D eigenvalue weighted by molar-refractivity contribution is -0.145. The van der Waals surface area contributed by atoms with Crippen LogP contribution in [0.25, 0.3) is 27.9 Å². The molecule has 2 amide bonds. The fraction of sp³-hybridized carbons (Fsp3) is 0.370.